The summed E-state index contributed by atoms with van der Waals surface area (Å²) in [5.41, 5.74) is 2.69. The van der Waals surface area contributed by atoms with E-state index in [4.69, 9.17) is 9.47 Å². The van der Waals surface area contributed by atoms with Crippen LogP contribution in [0.25, 0.3) is 0 Å². The first-order chi connectivity index (χ1) is 19.4. The summed E-state index contributed by atoms with van der Waals surface area (Å²) < 4.78 is 10.6. The Morgan fingerprint density at radius 2 is 0.950 bits per heavy atom. The Labute approximate surface area is 244 Å². The highest BCUT2D eigenvalue weighted by Gasteiger charge is 2.09. The lowest BCUT2D eigenvalue weighted by atomic mass is 10.0. The molecule has 2 rings (SSSR count). The molecular weight excluding hydrogens is 496 g/mol. The van der Waals surface area contributed by atoms with Crippen molar-refractivity contribution >= 4 is 11.9 Å². The largest absolute Gasteiger partial charge is 0.426 e. The molecule has 0 N–H and O–H groups in total. The molecule has 0 heterocycles. The zero-order valence-corrected chi connectivity index (χ0v) is 25.8. The van der Waals surface area contributed by atoms with Gasteiger partial charge in [-0.1, -0.05) is 134 Å². The van der Waals surface area contributed by atoms with Crippen molar-refractivity contribution in [1.82, 2.24) is 0 Å². The summed E-state index contributed by atoms with van der Waals surface area (Å²) in [6.45, 7) is 11.2. The van der Waals surface area contributed by atoms with Crippen molar-refractivity contribution in [2.24, 2.45) is 0 Å². The first-order valence-electron chi connectivity index (χ1n) is 15.6. The second-order valence-corrected chi connectivity index (χ2v) is 10.7. The topological polar surface area (TPSA) is 52.6 Å². The van der Waals surface area contributed by atoms with Gasteiger partial charge >= 0.3 is 11.9 Å². The average Bonchev–Trinajstić information content (AvgIpc) is 2.93. The highest BCUT2D eigenvalue weighted by molar-refractivity contribution is 5.88. The van der Waals surface area contributed by atoms with Crippen LogP contribution >= 0.6 is 0 Å². The summed E-state index contributed by atoms with van der Waals surface area (Å²) in [7, 11) is 0. The minimum Gasteiger partial charge on any atom is -0.426 e. The molecule has 0 spiro atoms. The van der Waals surface area contributed by atoms with Gasteiger partial charge in [-0.2, -0.15) is 0 Å². The Balaban J connectivity index is 0.000000402. The summed E-state index contributed by atoms with van der Waals surface area (Å²) in [6.07, 6.45) is 20.1. The zero-order valence-electron chi connectivity index (χ0n) is 25.8. The highest BCUT2D eigenvalue weighted by atomic mass is 16.5. The molecule has 4 heteroatoms. The molecule has 40 heavy (non-hydrogen) atoms. The zero-order chi connectivity index (χ0) is 29.4. The van der Waals surface area contributed by atoms with E-state index in [0.717, 1.165) is 36.1 Å². The molecule has 0 bridgehead atoms. The van der Waals surface area contributed by atoms with Crippen LogP contribution in [0.1, 0.15) is 129 Å². The van der Waals surface area contributed by atoms with Gasteiger partial charge in [0, 0.05) is 12.5 Å². The Kier molecular flexibility index (Phi) is 20.1. The maximum absolute atomic E-state index is 11.6. The fourth-order valence-electron chi connectivity index (χ4n) is 4.51. The number of aryl methyl sites for hydroxylation is 2. The maximum Gasteiger partial charge on any atom is 0.338 e. The van der Waals surface area contributed by atoms with Gasteiger partial charge in [0.05, 0.1) is 0 Å². The van der Waals surface area contributed by atoms with E-state index in [1.54, 1.807) is 6.92 Å². The van der Waals surface area contributed by atoms with E-state index in [2.05, 4.69) is 26.5 Å². The molecule has 2 aromatic rings. The van der Waals surface area contributed by atoms with Gasteiger partial charge in [0.15, 0.2) is 0 Å². The van der Waals surface area contributed by atoms with Crippen molar-refractivity contribution in [3.8, 4) is 11.5 Å². The van der Waals surface area contributed by atoms with E-state index in [1.807, 2.05) is 42.5 Å². The third kappa shape index (κ3) is 16.9. The summed E-state index contributed by atoms with van der Waals surface area (Å²) in [5.74, 6) is 0.812. The van der Waals surface area contributed by atoms with Crippen molar-refractivity contribution in [3.05, 3.63) is 71.8 Å². The van der Waals surface area contributed by atoms with Crippen molar-refractivity contribution in [1.29, 1.82) is 0 Å². The lowest BCUT2D eigenvalue weighted by molar-refractivity contribution is -0.132. The van der Waals surface area contributed by atoms with Gasteiger partial charge in [0.2, 0.25) is 0 Å². The minimum atomic E-state index is -0.345. The van der Waals surface area contributed by atoms with E-state index < -0.39 is 0 Å². The van der Waals surface area contributed by atoms with Crippen LogP contribution in [0, 0.1) is 0 Å². The average molecular weight is 551 g/mol. The monoisotopic (exact) mass is 550 g/mol. The molecule has 0 atom stereocenters. The first-order valence-corrected chi connectivity index (χ1v) is 15.6. The molecule has 0 aromatic heterocycles. The minimum absolute atomic E-state index is 0.244. The van der Waals surface area contributed by atoms with Gasteiger partial charge in [-0.25, -0.2) is 4.79 Å². The number of carbonyl (C=O) groups excluding carboxylic acids is 2. The van der Waals surface area contributed by atoms with Gasteiger partial charge < -0.3 is 9.47 Å². The predicted octanol–water partition coefficient (Wildman–Crippen LogP) is 10.4. The molecule has 0 amide bonds. The second-order valence-electron chi connectivity index (χ2n) is 10.7. The van der Waals surface area contributed by atoms with Gasteiger partial charge in [0.25, 0.3) is 0 Å². The molecule has 0 aliphatic carbocycles. The highest BCUT2D eigenvalue weighted by Crippen LogP contribution is 2.22. The number of benzene rings is 2. The smallest absolute Gasteiger partial charge is 0.338 e. The van der Waals surface area contributed by atoms with Crippen molar-refractivity contribution in [2.45, 2.75) is 130 Å². The van der Waals surface area contributed by atoms with Crippen LogP contribution in [0.4, 0.5) is 0 Å². The van der Waals surface area contributed by atoms with Gasteiger partial charge in [-0.05, 0) is 55.9 Å². The molecular formula is C36H54O4. The number of para-hydroxylation sites is 2. The molecule has 0 fully saturated rings. The second kappa shape index (κ2) is 22.9. The quantitative estimate of drug-likeness (QED) is 0.0755. The summed E-state index contributed by atoms with van der Waals surface area (Å²) >= 11 is 0. The predicted molar refractivity (Wildman–Crippen MR) is 168 cm³/mol. The van der Waals surface area contributed by atoms with E-state index in [9.17, 15) is 9.59 Å². The fraction of sp³-hybridized carbons (Fsp3) is 0.556. The molecule has 0 aliphatic heterocycles. The van der Waals surface area contributed by atoms with Crippen LogP contribution in [0.5, 0.6) is 11.5 Å². The van der Waals surface area contributed by atoms with Crippen molar-refractivity contribution < 1.29 is 19.1 Å². The Morgan fingerprint density at radius 1 is 0.575 bits per heavy atom. The van der Waals surface area contributed by atoms with E-state index in [0.29, 0.717) is 11.3 Å². The number of hydrogen-bond donors (Lipinski definition) is 0. The molecule has 0 aliphatic rings. The normalized spacial score (nSPS) is 10.4. The lowest BCUT2D eigenvalue weighted by Gasteiger charge is -2.10. The SMILES string of the molecule is C=C(C)C(=O)Oc1ccccc1CCCCCCCCC.CCCCCCCCCc1ccccc1OC(C)=O. The first kappa shape index (κ1) is 35.1. The molecule has 2 aromatic carbocycles. The lowest BCUT2D eigenvalue weighted by Crippen LogP contribution is -2.09. The van der Waals surface area contributed by atoms with E-state index >= 15 is 0 Å². The van der Waals surface area contributed by atoms with Crippen molar-refractivity contribution in [3.63, 3.8) is 0 Å². The van der Waals surface area contributed by atoms with E-state index in [-0.39, 0.29) is 11.9 Å². The summed E-state index contributed by atoms with van der Waals surface area (Å²) in [6, 6.07) is 15.6. The molecule has 0 radical (unpaired) electrons. The van der Waals surface area contributed by atoms with Gasteiger partial charge in [-0.3, -0.25) is 4.79 Å². The van der Waals surface area contributed by atoms with Crippen LogP contribution in [-0.4, -0.2) is 11.9 Å². The van der Waals surface area contributed by atoms with Crippen LogP contribution < -0.4 is 9.47 Å². The maximum atomic E-state index is 11.6. The number of esters is 2. The van der Waals surface area contributed by atoms with Crippen LogP contribution in [0.2, 0.25) is 0 Å². The number of unbranched alkanes of at least 4 members (excludes halogenated alkanes) is 12. The van der Waals surface area contributed by atoms with Gasteiger partial charge in [0.1, 0.15) is 11.5 Å². The van der Waals surface area contributed by atoms with Crippen LogP contribution in [0.15, 0.2) is 60.7 Å². The third-order valence-corrected chi connectivity index (χ3v) is 6.85. The Morgan fingerprint density at radius 3 is 1.35 bits per heavy atom. The Bertz CT molecular complexity index is 978. The van der Waals surface area contributed by atoms with E-state index in [1.165, 1.54) is 90.4 Å². The molecule has 222 valence electrons. The number of hydrogen-bond acceptors (Lipinski definition) is 4. The molecule has 0 saturated heterocycles. The Hall–Kier alpha value is -2.88. The standard InChI is InChI=1S/C19H28O2.C17H26O2/c1-4-5-6-7-8-9-10-13-17-14-11-12-15-18(17)21-19(20)16(2)3;1-3-4-5-6-7-8-9-12-16-13-10-11-14-17(16)19-15(2)18/h11-12,14-15H,2,4-10,13H2,1,3H3;10-11,13-14H,3-9,12H2,1-2H3. The fourth-order valence-corrected chi connectivity index (χ4v) is 4.51. The summed E-state index contributed by atoms with van der Waals surface area (Å²) in [5, 5.41) is 0. The number of rotatable bonds is 19. The third-order valence-electron chi connectivity index (χ3n) is 6.85. The van der Waals surface area contributed by atoms with Crippen molar-refractivity contribution in [2.75, 3.05) is 0 Å². The summed E-state index contributed by atoms with van der Waals surface area (Å²) in [4.78, 5) is 22.6. The molecule has 0 unspecified atom stereocenters. The molecule has 0 saturated carbocycles. The molecule has 4 nitrogen and oxygen atoms in total. The van der Waals surface area contributed by atoms with Gasteiger partial charge in [-0.15, -0.1) is 0 Å². The van der Waals surface area contributed by atoms with Crippen LogP contribution in [0.3, 0.4) is 0 Å². The van der Waals surface area contributed by atoms with Crippen LogP contribution in [-0.2, 0) is 22.4 Å². The number of carbonyl (C=O) groups is 2. The number of ether oxygens (including phenoxy) is 2.